The van der Waals surface area contributed by atoms with Crippen molar-refractivity contribution in [3.05, 3.63) is 29.8 Å². The van der Waals surface area contributed by atoms with E-state index in [1.807, 2.05) is 6.07 Å². The molecule has 18 heavy (non-hydrogen) atoms. The Morgan fingerprint density at radius 1 is 1.44 bits per heavy atom. The van der Waals surface area contributed by atoms with Gasteiger partial charge in [0.1, 0.15) is 6.07 Å². The van der Waals surface area contributed by atoms with E-state index in [0.717, 1.165) is 0 Å². The second-order valence-corrected chi connectivity index (χ2v) is 3.56. The molecule has 0 bridgehead atoms. The number of urea groups is 1. The van der Waals surface area contributed by atoms with Crippen molar-refractivity contribution in [3.8, 4) is 6.07 Å². The highest BCUT2D eigenvalue weighted by atomic mass is 16.4. The molecule has 0 radical (unpaired) electrons. The third kappa shape index (κ3) is 3.49. The molecule has 0 atom stereocenters. The highest BCUT2D eigenvalue weighted by molar-refractivity contribution is 5.92. The molecule has 0 saturated carbocycles. The molecule has 1 rings (SSSR count). The van der Waals surface area contributed by atoms with Gasteiger partial charge in [-0.3, -0.25) is 9.69 Å². The van der Waals surface area contributed by atoms with Crippen LogP contribution < -0.4 is 10.2 Å². The van der Waals surface area contributed by atoms with Crippen LogP contribution in [0.5, 0.6) is 0 Å². The fourth-order valence-electron chi connectivity index (χ4n) is 1.37. The summed E-state index contributed by atoms with van der Waals surface area (Å²) in [5.74, 6) is -0.977. The lowest BCUT2D eigenvalue weighted by Crippen LogP contribution is -2.38. The van der Waals surface area contributed by atoms with Crippen molar-refractivity contribution in [2.45, 2.75) is 6.42 Å². The topological polar surface area (TPSA) is 93.4 Å². The van der Waals surface area contributed by atoms with Gasteiger partial charge in [-0.1, -0.05) is 12.1 Å². The van der Waals surface area contributed by atoms with Crippen LogP contribution in [0, 0.1) is 11.3 Å². The molecular weight excluding hydrogens is 234 g/mol. The molecule has 1 aromatic rings. The average molecular weight is 247 g/mol. The van der Waals surface area contributed by atoms with Crippen LogP contribution in [0.15, 0.2) is 24.3 Å². The Labute approximate surface area is 104 Å². The van der Waals surface area contributed by atoms with Crippen LogP contribution in [-0.2, 0) is 4.79 Å². The molecule has 2 amide bonds. The highest BCUT2D eigenvalue weighted by Crippen LogP contribution is 2.17. The number of carbonyl (C=O) groups is 2. The molecule has 0 aromatic heterocycles. The summed E-state index contributed by atoms with van der Waals surface area (Å²) in [7, 11) is 1.52. The van der Waals surface area contributed by atoms with Crippen molar-refractivity contribution in [2.75, 3.05) is 18.5 Å². The molecule has 0 heterocycles. The minimum absolute atomic E-state index is 0.0488. The molecule has 0 aliphatic carbocycles. The van der Waals surface area contributed by atoms with Crippen molar-refractivity contribution in [1.29, 1.82) is 5.26 Å². The van der Waals surface area contributed by atoms with Gasteiger partial charge in [0.25, 0.3) is 0 Å². The number of para-hydroxylation sites is 1. The number of carboxylic acids is 1. The second-order valence-electron chi connectivity index (χ2n) is 3.56. The zero-order chi connectivity index (χ0) is 13.5. The molecule has 0 fully saturated rings. The Balaban J connectivity index is 2.69. The third-order valence-electron chi connectivity index (χ3n) is 2.31. The minimum atomic E-state index is -0.977. The third-order valence-corrected chi connectivity index (χ3v) is 2.31. The fraction of sp³-hybridized carbons (Fsp3) is 0.250. The van der Waals surface area contributed by atoms with Gasteiger partial charge in [-0.25, -0.2) is 4.79 Å². The standard InChI is InChI=1S/C12H13N3O3/c1-15(12(18)14-7-6-11(16)17)10-5-3-2-4-9(10)8-13/h2-5H,6-7H2,1H3,(H,14,18)(H,16,17). The summed E-state index contributed by atoms with van der Waals surface area (Å²) >= 11 is 0. The van der Waals surface area contributed by atoms with Gasteiger partial charge in [-0.2, -0.15) is 5.26 Å². The van der Waals surface area contributed by atoms with Crippen LogP contribution in [0.1, 0.15) is 12.0 Å². The zero-order valence-corrected chi connectivity index (χ0v) is 9.88. The van der Waals surface area contributed by atoms with Gasteiger partial charge < -0.3 is 10.4 Å². The summed E-state index contributed by atoms with van der Waals surface area (Å²) in [6.07, 6.45) is -0.139. The predicted octanol–water partition coefficient (Wildman–Crippen LogP) is 1.18. The van der Waals surface area contributed by atoms with Crippen LogP contribution >= 0.6 is 0 Å². The highest BCUT2D eigenvalue weighted by Gasteiger charge is 2.13. The lowest BCUT2D eigenvalue weighted by Gasteiger charge is -2.18. The molecule has 6 nitrogen and oxygen atoms in total. The maximum Gasteiger partial charge on any atom is 0.321 e. The van der Waals surface area contributed by atoms with Gasteiger partial charge in [0.05, 0.1) is 17.7 Å². The van der Waals surface area contributed by atoms with Crippen LogP contribution in [0.2, 0.25) is 0 Å². The van der Waals surface area contributed by atoms with Gasteiger partial charge in [-0.05, 0) is 12.1 Å². The number of aliphatic carboxylic acids is 1. The van der Waals surface area contributed by atoms with E-state index in [4.69, 9.17) is 10.4 Å². The van der Waals surface area contributed by atoms with Crippen molar-refractivity contribution in [1.82, 2.24) is 5.32 Å². The quantitative estimate of drug-likeness (QED) is 0.835. The number of nitrogens with one attached hydrogen (secondary N) is 1. The predicted molar refractivity (Wildman–Crippen MR) is 65.2 cm³/mol. The van der Waals surface area contributed by atoms with Crippen LogP contribution in [0.3, 0.4) is 0 Å². The van der Waals surface area contributed by atoms with E-state index < -0.39 is 12.0 Å². The van der Waals surface area contributed by atoms with Crippen LogP contribution in [-0.4, -0.2) is 30.7 Å². The molecule has 94 valence electrons. The Kier molecular flexibility index (Phi) is 4.69. The van der Waals surface area contributed by atoms with E-state index in [-0.39, 0.29) is 13.0 Å². The molecule has 0 unspecified atom stereocenters. The molecule has 0 aliphatic rings. The maximum atomic E-state index is 11.7. The molecule has 0 saturated heterocycles. The monoisotopic (exact) mass is 247 g/mol. The van der Waals surface area contributed by atoms with E-state index in [2.05, 4.69) is 5.32 Å². The summed E-state index contributed by atoms with van der Waals surface area (Å²) in [6, 6.07) is 8.23. The van der Waals surface area contributed by atoms with Gasteiger partial charge in [0, 0.05) is 13.6 Å². The largest absolute Gasteiger partial charge is 0.481 e. The molecule has 6 heteroatoms. The first-order valence-corrected chi connectivity index (χ1v) is 5.28. The summed E-state index contributed by atoms with van der Waals surface area (Å²) in [6.45, 7) is 0.0488. The SMILES string of the molecule is CN(C(=O)NCCC(=O)O)c1ccccc1C#N. The maximum absolute atomic E-state index is 11.7. The number of benzene rings is 1. The summed E-state index contributed by atoms with van der Waals surface area (Å²) in [5, 5.41) is 19.8. The van der Waals surface area contributed by atoms with E-state index in [0.29, 0.717) is 11.3 Å². The van der Waals surface area contributed by atoms with Crippen molar-refractivity contribution in [2.24, 2.45) is 0 Å². The van der Waals surface area contributed by atoms with E-state index in [1.54, 1.807) is 24.3 Å². The summed E-state index contributed by atoms with van der Waals surface area (Å²) in [4.78, 5) is 23.3. The molecule has 2 N–H and O–H groups in total. The Hall–Kier alpha value is -2.55. The number of hydrogen-bond acceptors (Lipinski definition) is 3. The number of hydrogen-bond donors (Lipinski definition) is 2. The lowest BCUT2D eigenvalue weighted by molar-refractivity contribution is -0.136. The Morgan fingerprint density at radius 2 is 2.11 bits per heavy atom. The smallest absolute Gasteiger partial charge is 0.321 e. The molecular formula is C12H13N3O3. The molecule has 0 spiro atoms. The van der Waals surface area contributed by atoms with E-state index >= 15 is 0 Å². The number of anilines is 1. The van der Waals surface area contributed by atoms with Crippen molar-refractivity contribution in [3.63, 3.8) is 0 Å². The first-order valence-electron chi connectivity index (χ1n) is 5.28. The average Bonchev–Trinajstić information content (AvgIpc) is 2.37. The van der Waals surface area contributed by atoms with Crippen molar-refractivity contribution < 1.29 is 14.7 Å². The first-order chi connectivity index (χ1) is 8.56. The molecule has 0 aliphatic heterocycles. The number of nitrogens with zero attached hydrogens (tertiary/aromatic N) is 2. The summed E-state index contributed by atoms with van der Waals surface area (Å²) in [5.41, 5.74) is 0.862. The number of carboxylic acid groups (broad SMARTS) is 1. The number of carbonyl (C=O) groups excluding carboxylic acids is 1. The van der Waals surface area contributed by atoms with Gasteiger partial charge in [0.2, 0.25) is 0 Å². The number of nitriles is 1. The van der Waals surface area contributed by atoms with Crippen molar-refractivity contribution >= 4 is 17.7 Å². The van der Waals surface area contributed by atoms with Gasteiger partial charge >= 0.3 is 12.0 Å². The Bertz CT molecular complexity index is 494. The normalized spacial score (nSPS) is 9.33. The Morgan fingerprint density at radius 3 is 2.72 bits per heavy atom. The fourth-order valence-corrected chi connectivity index (χ4v) is 1.37. The van der Waals surface area contributed by atoms with Crippen LogP contribution in [0.25, 0.3) is 0 Å². The zero-order valence-electron chi connectivity index (χ0n) is 9.88. The minimum Gasteiger partial charge on any atom is -0.481 e. The lowest BCUT2D eigenvalue weighted by atomic mass is 10.2. The van der Waals surface area contributed by atoms with Gasteiger partial charge in [0.15, 0.2) is 0 Å². The van der Waals surface area contributed by atoms with Gasteiger partial charge in [-0.15, -0.1) is 0 Å². The first kappa shape index (κ1) is 13.5. The summed E-state index contributed by atoms with van der Waals surface area (Å²) < 4.78 is 0. The number of rotatable bonds is 4. The van der Waals surface area contributed by atoms with E-state index in [1.165, 1.54) is 11.9 Å². The van der Waals surface area contributed by atoms with E-state index in [9.17, 15) is 9.59 Å². The number of amides is 2. The second kappa shape index (κ2) is 6.25. The molecule has 1 aromatic carbocycles. The van der Waals surface area contributed by atoms with Crippen LogP contribution in [0.4, 0.5) is 10.5 Å².